The Bertz CT molecular complexity index is 2850. The molecule has 0 aliphatic rings. The lowest BCUT2D eigenvalue weighted by Crippen LogP contribution is -1.91. The van der Waals surface area contributed by atoms with Crippen LogP contribution in [0.5, 0.6) is 0 Å². The van der Waals surface area contributed by atoms with E-state index in [1.54, 1.807) is 11.3 Å². The largest absolute Gasteiger partial charge is 0.135 e. The van der Waals surface area contributed by atoms with Crippen molar-refractivity contribution in [1.82, 2.24) is 0 Å². The fourth-order valence-corrected chi connectivity index (χ4v) is 7.40. The van der Waals surface area contributed by atoms with Crippen molar-refractivity contribution in [2.24, 2.45) is 0 Å². The molecule has 0 saturated carbocycles. The number of thiophene rings is 1. The Labute approximate surface area is 265 Å². The molecule has 0 fully saturated rings. The molecule has 1 heteroatoms. The van der Waals surface area contributed by atoms with Crippen LogP contribution in [0.1, 0.15) is 11.0 Å². The molecule has 8 aromatic carbocycles. The van der Waals surface area contributed by atoms with E-state index in [9.17, 15) is 5.48 Å². The predicted octanol–water partition coefficient (Wildman–Crippen LogP) is 12.5. The van der Waals surface area contributed by atoms with Crippen molar-refractivity contribution in [1.29, 1.82) is 0 Å². The summed E-state index contributed by atoms with van der Waals surface area (Å²) in [4.78, 5) is 0. The van der Waals surface area contributed by atoms with Crippen molar-refractivity contribution in [3.63, 3.8) is 0 Å². The summed E-state index contributed by atoms with van der Waals surface area (Å²) < 4.78 is 74.2. The molecule has 0 unspecified atom stereocenters. The van der Waals surface area contributed by atoms with Crippen molar-refractivity contribution >= 4 is 63.8 Å². The lowest BCUT2D eigenvalue weighted by molar-refractivity contribution is 1.61. The summed E-state index contributed by atoms with van der Waals surface area (Å²) in [5.41, 5.74) is 3.82. The summed E-state index contributed by atoms with van der Waals surface area (Å²) in [6.07, 6.45) is 0. The molecule has 0 amide bonds. The molecule has 0 saturated heterocycles. The van der Waals surface area contributed by atoms with Crippen LogP contribution in [0.25, 0.3) is 85.9 Å². The smallest absolute Gasteiger partial charge is 0.0629 e. The Morgan fingerprint density at radius 2 is 0.860 bits per heavy atom. The van der Waals surface area contributed by atoms with Crippen LogP contribution in [-0.4, -0.2) is 0 Å². The van der Waals surface area contributed by atoms with Crippen molar-refractivity contribution in [2.75, 3.05) is 0 Å². The number of hydrogen-bond acceptors (Lipinski definition) is 1. The molecule has 9 rings (SSSR count). The van der Waals surface area contributed by atoms with Gasteiger partial charge in [0.1, 0.15) is 0 Å². The van der Waals surface area contributed by atoms with E-state index in [1.807, 2.05) is 84.9 Å². The van der Waals surface area contributed by atoms with Crippen molar-refractivity contribution < 1.29 is 11.0 Å². The first kappa shape index (κ1) is 17.7. The van der Waals surface area contributed by atoms with Gasteiger partial charge in [0.25, 0.3) is 0 Å². The highest BCUT2D eigenvalue weighted by Crippen LogP contribution is 2.45. The second-order valence-electron chi connectivity index (χ2n) is 10.7. The first-order valence-corrected chi connectivity index (χ1v) is 14.9. The summed E-state index contributed by atoms with van der Waals surface area (Å²) in [6, 6.07) is 33.1. The summed E-state index contributed by atoms with van der Waals surface area (Å²) in [5, 5.41) is 5.08. The lowest BCUT2D eigenvalue weighted by Gasteiger charge is -2.18. The van der Waals surface area contributed by atoms with Crippen LogP contribution in [0.3, 0.4) is 0 Å². The van der Waals surface area contributed by atoms with Gasteiger partial charge >= 0.3 is 0 Å². The van der Waals surface area contributed by atoms with Crippen LogP contribution < -0.4 is 0 Å². The van der Waals surface area contributed by atoms with Gasteiger partial charge in [-0.2, -0.15) is 0 Å². The van der Waals surface area contributed by atoms with Gasteiger partial charge in [-0.1, -0.05) is 133 Å². The number of fused-ring (bicyclic) bond motifs is 6. The van der Waals surface area contributed by atoms with Gasteiger partial charge < -0.3 is 0 Å². The highest BCUT2D eigenvalue weighted by atomic mass is 32.1. The highest BCUT2D eigenvalue weighted by molar-refractivity contribution is 7.25. The van der Waals surface area contributed by atoms with E-state index in [-0.39, 0.29) is 45.7 Å². The van der Waals surface area contributed by atoms with E-state index in [4.69, 9.17) is 5.48 Å². The van der Waals surface area contributed by atoms with Gasteiger partial charge in [0.15, 0.2) is 0 Å². The fourth-order valence-electron chi connectivity index (χ4n) is 6.28. The maximum absolute atomic E-state index is 9.29. The normalized spacial score (nSPS) is 14.3. The molecule has 0 aliphatic carbocycles. The molecule has 0 atom stereocenters. The molecule has 0 aliphatic heterocycles. The van der Waals surface area contributed by atoms with E-state index in [1.165, 1.54) is 0 Å². The first-order valence-electron chi connectivity index (χ1n) is 18.1. The third-order valence-corrected chi connectivity index (χ3v) is 9.42. The van der Waals surface area contributed by atoms with E-state index in [0.29, 0.717) is 22.3 Å². The van der Waals surface area contributed by atoms with Crippen molar-refractivity contribution in [3.8, 4) is 33.4 Å². The number of rotatable bonds is 3. The molecule has 43 heavy (non-hydrogen) atoms. The second kappa shape index (κ2) is 9.66. The Hall–Kier alpha value is -5.24. The minimum Gasteiger partial charge on any atom is -0.135 e. The van der Waals surface area contributed by atoms with E-state index < -0.39 is 24.2 Å². The van der Waals surface area contributed by atoms with Crippen LogP contribution in [0.15, 0.2) is 158 Å². The minimum absolute atomic E-state index is 0.210. The quantitative estimate of drug-likeness (QED) is 0.185. The monoisotopic (exact) mass is 570 g/mol. The molecule has 0 N–H and O–H groups in total. The average Bonchev–Trinajstić information content (AvgIpc) is 3.52. The van der Waals surface area contributed by atoms with Crippen molar-refractivity contribution in [2.45, 2.75) is 0 Å². The number of hydrogen-bond donors (Lipinski definition) is 0. The zero-order valence-electron chi connectivity index (χ0n) is 30.8. The van der Waals surface area contributed by atoms with E-state index in [2.05, 4.69) is 24.3 Å². The Balaban J connectivity index is 1.45. The molecule has 9 aromatic rings. The molecular weight excluding hydrogens is 537 g/mol. The third kappa shape index (κ3) is 3.90. The van der Waals surface area contributed by atoms with Gasteiger partial charge in [-0.15, -0.1) is 11.3 Å². The molecule has 0 spiro atoms. The molecule has 200 valence electrons. The maximum atomic E-state index is 9.29. The predicted molar refractivity (Wildman–Crippen MR) is 188 cm³/mol. The molecule has 0 radical (unpaired) electrons. The first-order chi connectivity index (χ1) is 24.6. The lowest BCUT2D eigenvalue weighted by atomic mass is 9.85. The van der Waals surface area contributed by atoms with Crippen LogP contribution in [0.4, 0.5) is 0 Å². The minimum atomic E-state index is -0.410. The Kier molecular flexibility index (Phi) is 3.97. The zero-order chi connectivity index (χ0) is 35.3. The van der Waals surface area contributed by atoms with Gasteiger partial charge in [-0.25, -0.2) is 0 Å². The molecule has 1 aromatic heterocycles. The third-order valence-electron chi connectivity index (χ3n) is 8.28. The Morgan fingerprint density at radius 1 is 0.372 bits per heavy atom. The van der Waals surface area contributed by atoms with Crippen molar-refractivity contribution in [3.05, 3.63) is 158 Å². The van der Waals surface area contributed by atoms with Crippen LogP contribution in [-0.2, 0) is 0 Å². The maximum Gasteiger partial charge on any atom is 0.0629 e. The summed E-state index contributed by atoms with van der Waals surface area (Å²) in [5.74, 6) is 0. The van der Waals surface area contributed by atoms with E-state index >= 15 is 0 Å². The van der Waals surface area contributed by atoms with Gasteiger partial charge in [0.2, 0.25) is 0 Å². The van der Waals surface area contributed by atoms with Gasteiger partial charge in [0, 0.05) is 20.2 Å². The van der Waals surface area contributed by atoms with Gasteiger partial charge in [-0.3, -0.25) is 0 Å². The molecule has 0 nitrogen and oxygen atoms in total. The summed E-state index contributed by atoms with van der Waals surface area (Å²) in [7, 11) is 0. The summed E-state index contributed by atoms with van der Waals surface area (Å²) >= 11 is 1.66. The standard InChI is InChI=1S/C42H26S/c1-2-10-27(11-3-1)28-18-20-29(21-19-28)41-33-14-6-8-16-35(33)42(36-17-9-7-15-34(36)41)32-22-23-39-37(25-32)38-24-30-12-4-5-13-31(30)26-40(38)43-39/h1-26H/i6D,7D,8D,9D,14D,15D,16D,17D. The highest BCUT2D eigenvalue weighted by Gasteiger charge is 2.17. The topological polar surface area (TPSA) is 0 Å². The van der Waals surface area contributed by atoms with Gasteiger partial charge in [-0.05, 0) is 90.0 Å². The van der Waals surface area contributed by atoms with Crippen LogP contribution in [0, 0.1) is 0 Å². The zero-order valence-corrected chi connectivity index (χ0v) is 23.6. The van der Waals surface area contributed by atoms with Crippen LogP contribution in [0.2, 0.25) is 0 Å². The second-order valence-corrected chi connectivity index (χ2v) is 11.8. The van der Waals surface area contributed by atoms with Crippen LogP contribution >= 0.6 is 11.3 Å². The number of benzene rings is 8. The Morgan fingerprint density at radius 3 is 1.51 bits per heavy atom. The SMILES string of the molecule is [2H]c1c([2H])c([2H])c2c(-c3ccc4sc5cc6ccccc6cc5c4c3)c3c([2H])c([2H])c([2H])c([2H])c3c(-c3ccc(-c4ccccc4)cc3)c2c1[2H]. The average molecular weight is 571 g/mol. The molecule has 0 bridgehead atoms. The summed E-state index contributed by atoms with van der Waals surface area (Å²) in [6.45, 7) is 0. The van der Waals surface area contributed by atoms with Gasteiger partial charge in [0.05, 0.1) is 11.0 Å². The molecule has 1 heterocycles. The molecular formula is C42H26S. The fraction of sp³-hybridized carbons (Fsp3) is 0. The van der Waals surface area contributed by atoms with E-state index in [0.717, 1.165) is 42.1 Å².